The van der Waals surface area contributed by atoms with Crippen molar-refractivity contribution in [2.45, 2.75) is 31.5 Å². The standard InChI is InChI=1S/C11H18N4OS/c1-10(2,16-3)6-11(13)8-7(4-5-17-8)14-9(12)15-11/h4-5H,6,13H2,1-3H3,(H3,12,14,15). The van der Waals surface area contributed by atoms with Gasteiger partial charge >= 0.3 is 0 Å². The zero-order valence-electron chi connectivity index (χ0n) is 10.3. The number of nitrogens with zero attached hydrogens (tertiary/aromatic N) is 1. The summed E-state index contributed by atoms with van der Waals surface area (Å²) in [7, 11) is 1.67. The first-order valence-corrected chi connectivity index (χ1v) is 6.29. The Morgan fingerprint density at radius 1 is 1.59 bits per heavy atom. The highest BCUT2D eigenvalue weighted by Gasteiger charge is 2.39. The van der Waals surface area contributed by atoms with Crippen molar-refractivity contribution in [3.8, 4) is 0 Å². The van der Waals surface area contributed by atoms with Crippen LogP contribution in [-0.4, -0.2) is 18.7 Å². The number of methoxy groups -OCH3 is 1. The molecule has 1 aromatic rings. The summed E-state index contributed by atoms with van der Waals surface area (Å²) in [5, 5.41) is 5.00. The van der Waals surface area contributed by atoms with Crippen molar-refractivity contribution in [3.05, 3.63) is 16.3 Å². The van der Waals surface area contributed by atoms with Gasteiger partial charge in [-0.05, 0) is 25.3 Å². The van der Waals surface area contributed by atoms with Gasteiger partial charge in [0.05, 0.1) is 16.2 Å². The van der Waals surface area contributed by atoms with E-state index in [1.54, 1.807) is 18.4 Å². The fourth-order valence-electron chi connectivity index (χ4n) is 2.02. The van der Waals surface area contributed by atoms with Gasteiger partial charge in [-0.1, -0.05) is 0 Å². The fourth-order valence-corrected chi connectivity index (χ4v) is 2.92. The summed E-state index contributed by atoms with van der Waals surface area (Å²) in [6.07, 6.45) is 0.576. The van der Waals surface area contributed by atoms with E-state index in [1.807, 2.05) is 25.3 Å². The van der Waals surface area contributed by atoms with Crippen molar-refractivity contribution in [2.75, 3.05) is 12.4 Å². The van der Waals surface area contributed by atoms with Gasteiger partial charge in [0.15, 0.2) is 11.6 Å². The molecule has 0 spiro atoms. The van der Waals surface area contributed by atoms with Crippen LogP contribution in [0.5, 0.6) is 0 Å². The summed E-state index contributed by atoms with van der Waals surface area (Å²) in [6.45, 7) is 3.98. The number of anilines is 1. The quantitative estimate of drug-likeness (QED) is 0.761. The predicted octanol–water partition coefficient (Wildman–Crippen LogP) is 1.41. The molecule has 0 aromatic carbocycles. The van der Waals surface area contributed by atoms with E-state index in [9.17, 15) is 0 Å². The van der Waals surface area contributed by atoms with Crippen molar-refractivity contribution < 1.29 is 4.74 Å². The Bertz CT molecular complexity index is 454. The molecule has 5 nitrogen and oxygen atoms in total. The molecule has 1 aromatic heterocycles. The van der Waals surface area contributed by atoms with Gasteiger partial charge in [-0.15, -0.1) is 11.3 Å². The van der Waals surface area contributed by atoms with Crippen LogP contribution in [0.3, 0.4) is 0 Å². The van der Waals surface area contributed by atoms with Gasteiger partial charge in [0, 0.05) is 13.5 Å². The molecular formula is C11H18N4OS. The Kier molecular flexibility index (Phi) is 2.89. The molecule has 0 amide bonds. The second kappa shape index (κ2) is 3.97. The van der Waals surface area contributed by atoms with Gasteiger partial charge < -0.3 is 21.5 Å². The van der Waals surface area contributed by atoms with Crippen LogP contribution in [0.4, 0.5) is 5.69 Å². The number of guanidine groups is 1. The summed E-state index contributed by atoms with van der Waals surface area (Å²) in [6, 6.07) is 1.96. The molecule has 1 aliphatic rings. The number of thiophene rings is 1. The van der Waals surface area contributed by atoms with Crippen molar-refractivity contribution in [1.29, 1.82) is 0 Å². The van der Waals surface area contributed by atoms with E-state index in [0.717, 1.165) is 10.6 Å². The molecule has 1 aliphatic heterocycles. The summed E-state index contributed by atoms with van der Waals surface area (Å²) in [4.78, 5) is 5.35. The van der Waals surface area contributed by atoms with Gasteiger partial charge in [0.25, 0.3) is 0 Å². The summed E-state index contributed by atoms with van der Waals surface area (Å²) in [5.74, 6) is 0.352. The molecule has 94 valence electrons. The molecule has 2 heterocycles. The molecule has 0 bridgehead atoms. The molecule has 17 heavy (non-hydrogen) atoms. The summed E-state index contributed by atoms with van der Waals surface area (Å²) in [5.41, 5.74) is 11.9. The molecule has 6 heteroatoms. The number of nitrogens with one attached hydrogen (secondary N) is 1. The predicted molar refractivity (Wildman–Crippen MR) is 71.1 cm³/mol. The third-order valence-electron chi connectivity index (χ3n) is 2.89. The van der Waals surface area contributed by atoms with E-state index in [2.05, 4.69) is 10.3 Å². The number of nitrogens with two attached hydrogens (primary N) is 2. The minimum atomic E-state index is -0.807. The number of aliphatic imine (C=N–C) groups is 1. The van der Waals surface area contributed by atoms with Gasteiger partial charge in [-0.2, -0.15) is 0 Å². The maximum atomic E-state index is 6.39. The minimum absolute atomic E-state index is 0.350. The molecule has 0 fully saturated rings. The molecule has 5 N–H and O–H groups in total. The number of ether oxygens (including phenoxy) is 1. The normalized spacial score (nSPS) is 23.9. The Labute approximate surface area is 105 Å². The van der Waals surface area contributed by atoms with Crippen molar-refractivity contribution >= 4 is 23.0 Å². The molecule has 0 saturated carbocycles. The molecule has 0 aliphatic carbocycles. The van der Waals surface area contributed by atoms with Crippen molar-refractivity contribution in [1.82, 2.24) is 0 Å². The van der Waals surface area contributed by atoms with E-state index in [1.165, 1.54) is 0 Å². The zero-order valence-corrected chi connectivity index (χ0v) is 11.1. The molecular weight excluding hydrogens is 236 g/mol. The van der Waals surface area contributed by atoms with Crippen molar-refractivity contribution in [2.24, 2.45) is 16.5 Å². The Morgan fingerprint density at radius 2 is 2.29 bits per heavy atom. The Hall–Kier alpha value is -1.11. The number of hydrogen-bond donors (Lipinski definition) is 3. The van der Waals surface area contributed by atoms with Crippen LogP contribution in [0.25, 0.3) is 0 Å². The smallest absolute Gasteiger partial charge is 0.195 e. The third kappa shape index (κ3) is 2.29. The number of fused-ring (bicyclic) bond motifs is 1. The monoisotopic (exact) mass is 254 g/mol. The lowest BCUT2D eigenvalue weighted by atomic mass is 9.92. The first-order valence-electron chi connectivity index (χ1n) is 5.41. The third-order valence-corrected chi connectivity index (χ3v) is 3.97. The van der Waals surface area contributed by atoms with Crippen LogP contribution in [-0.2, 0) is 10.4 Å². The van der Waals surface area contributed by atoms with Crippen molar-refractivity contribution in [3.63, 3.8) is 0 Å². The van der Waals surface area contributed by atoms with Crippen LogP contribution >= 0.6 is 11.3 Å². The highest BCUT2D eigenvalue weighted by molar-refractivity contribution is 7.10. The molecule has 2 rings (SSSR count). The van der Waals surface area contributed by atoms with Crippen LogP contribution in [0.1, 0.15) is 25.1 Å². The van der Waals surface area contributed by atoms with Gasteiger partial charge in [0.1, 0.15) is 0 Å². The van der Waals surface area contributed by atoms with E-state index in [-0.39, 0.29) is 5.60 Å². The van der Waals surface area contributed by atoms with Crippen LogP contribution in [0, 0.1) is 0 Å². The minimum Gasteiger partial charge on any atom is -0.379 e. The fraction of sp³-hybridized carbons (Fsp3) is 0.545. The molecule has 1 atom stereocenters. The van der Waals surface area contributed by atoms with Gasteiger partial charge in [-0.3, -0.25) is 0 Å². The molecule has 0 radical (unpaired) electrons. The maximum Gasteiger partial charge on any atom is 0.195 e. The van der Waals surface area contributed by atoms with Crippen LogP contribution in [0.2, 0.25) is 0 Å². The van der Waals surface area contributed by atoms with E-state index in [4.69, 9.17) is 16.2 Å². The maximum absolute atomic E-state index is 6.39. The van der Waals surface area contributed by atoms with E-state index in [0.29, 0.717) is 12.4 Å². The topological polar surface area (TPSA) is 85.7 Å². The average molecular weight is 254 g/mol. The highest BCUT2D eigenvalue weighted by Crippen LogP contribution is 2.40. The molecule has 0 saturated heterocycles. The molecule has 1 unspecified atom stereocenters. The average Bonchev–Trinajstić information content (AvgIpc) is 2.64. The Balaban J connectivity index is 2.38. The Morgan fingerprint density at radius 3 is 2.94 bits per heavy atom. The lowest BCUT2D eigenvalue weighted by Crippen LogP contribution is -2.47. The second-order valence-electron chi connectivity index (χ2n) is 4.85. The summed E-state index contributed by atoms with van der Waals surface area (Å²) < 4.78 is 5.43. The first kappa shape index (κ1) is 12.3. The van der Waals surface area contributed by atoms with Crippen LogP contribution < -0.4 is 16.8 Å². The first-order chi connectivity index (χ1) is 7.86. The number of hydrogen-bond acceptors (Lipinski definition) is 6. The van der Waals surface area contributed by atoms with Gasteiger partial charge in [0.2, 0.25) is 0 Å². The highest BCUT2D eigenvalue weighted by atomic mass is 32.1. The largest absolute Gasteiger partial charge is 0.379 e. The van der Waals surface area contributed by atoms with Crippen LogP contribution in [0.15, 0.2) is 16.4 Å². The van der Waals surface area contributed by atoms with E-state index < -0.39 is 5.66 Å². The summed E-state index contributed by atoms with van der Waals surface area (Å²) >= 11 is 1.58. The lowest BCUT2D eigenvalue weighted by Gasteiger charge is -2.36. The lowest BCUT2D eigenvalue weighted by molar-refractivity contribution is -0.00234. The van der Waals surface area contributed by atoms with E-state index >= 15 is 0 Å². The van der Waals surface area contributed by atoms with Gasteiger partial charge in [-0.25, -0.2) is 4.99 Å². The SMILES string of the molecule is COC(C)(C)CC1(N)N=C(N)Nc2ccsc21. The number of rotatable bonds is 3. The zero-order chi connectivity index (χ0) is 12.7. The second-order valence-corrected chi connectivity index (χ2v) is 5.77.